The molecule has 38 heavy (non-hydrogen) atoms. The summed E-state index contributed by atoms with van der Waals surface area (Å²) in [6.07, 6.45) is 8.64. The number of carbonyl (C=O) groups excluding carboxylic acids is 1. The number of amides is 1. The number of carbonyl (C=O) groups is 1. The Morgan fingerprint density at radius 2 is 2.00 bits per heavy atom. The number of allylic oxidation sites excluding steroid dienone is 4. The highest BCUT2D eigenvalue weighted by atomic mass is 32.1. The van der Waals surface area contributed by atoms with E-state index in [1.54, 1.807) is 24.7 Å². The molecule has 0 unspecified atom stereocenters. The average molecular weight is 542 g/mol. The largest absolute Gasteiger partial charge is 0.496 e. The molecule has 1 fully saturated rings. The zero-order valence-electron chi connectivity index (χ0n) is 24.1. The minimum atomic E-state index is -0.196. The van der Waals surface area contributed by atoms with Crippen LogP contribution in [0.4, 0.5) is 5.69 Å². The first-order valence-electron chi connectivity index (χ1n) is 13.6. The van der Waals surface area contributed by atoms with Gasteiger partial charge in [0.25, 0.3) is 5.91 Å². The van der Waals surface area contributed by atoms with Gasteiger partial charge in [-0.15, -0.1) is 0 Å². The van der Waals surface area contributed by atoms with Crippen LogP contribution in [-0.4, -0.2) is 45.0 Å². The first-order valence-corrected chi connectivity index (χ1v) is 14.1. The summed E-state index contributed by atoms with van der Waals surface area (Å²) in [5, 5.41) is 11.6. The summed E-state index contributed by atoms with van der Waals surface area (Å²) in [5.74, 6) is 2.11. The van der Waals surface area contributed by atoms with Gasteiger partial charge in [-0.25, -0.2) is 4.99 Å². The van der Waals surface area contributed by atoms with Crippen LogP contribution in [0.25, 0.3) is 0 Å². The lowest BCUT2D eigenvalue weighted by Gasteiger charge is -2.20. The van der Waals surface area contributed by atoms with E-state index in [4.69, 9.17) is 15.5 Å². The van der Waals surface area contributed by atoms with Gasteiger partial charge in [-0.05, 0) is 87.1 Å². The van der Waals surface area contributed by atoms with Gasteiger partial charge in [0.1, 0.15) is 11.6 Å². The fourth-order valence-electron chi connectivity index (χ4n) is 4.06. The number of hydrogen-bond acceptors (Lipinski definition) is 6. The molecule has 5 N–H and O–H groups in total. The number of rotatable bonds is 14. The van der Waals surface area contributed by atoms with Crippen molar-refractivity contribution >= 4 is 30.1 Å². The Kier molecular flexibility index (Phi) is 13.0. The summed E-state index contributed by atoms with van der Waals surface area (Å²) in [6, 6.07) is 3.46. The van der Waals surface area contributed by atoms with Gasteiger partial charge >= 0.3 is 0 Å². The van der Waals surface area contributed by atoms with Crippen LogP contribution >= 0.6 is 12.6 Å². The molecule has 8 heteroatoms. The summed E-state index contributed by atoms with van der Waals surface area (Å²) >= 11 is 4.27. The fraction of sp³-hybridized carbons (Fsp3) is 0.533. The first-order chi connectivity index (χ1) is 18.1. The molecule has 0 spiro atoms. The number of benzene rings is 1. The van der Waals surface area contributed by atoms with Crippen molar-refractivity contribution in [2.45, 2.75) is 66.3 Å². The van der Waals surface area contributed by atoms with Crippen molar-refractivity contribution in [1.29, 1.82) is 0 Å². The van der Waals surface area contributed by atoms with E-state index in [9.17, 15) is 4.79 Å². The van der Waals surface area contributed by atoms with Crippen LogP contribution in [0.2, 0.25) is 0 Å². The summed E-state index contributed by atoms with van der Waals surface area (Å²) in [5.41, 5.74) is 11.4. The van der Waals surface area contributed by atoms with Gasteiger partial charge < -0.3 is 26.4 Å². The van der Waals surface area contributed by atoms with Crippen molar-refractivity contribution < 1.29 is 9.53 Å². The first kappa shape index (κ1) is 31.5. The van der Waals surface area contributed by atoms with Crippen molar-refractivity contribution in [2.24, 2.45) is 22.6 Å². The molecule has 1 saturated carbocycles. The van der Waals surface area contributed by atoms with Crippen LogP contribution in [0.3, 0.4) is 0 Å². The molecule has 210 valence electrons. The Morgan fingerprint density at radius 3 is 2.55 bits per heavy atom. The molecular weight excluding hydrogens is 494 g/mol. The van der Waals surface area contributed by atoms with Crippen LogP contribution in [-0.2, 0) is 0 Å². The lowest BCUT2D eigenvalue weighted by atomic mass is 9.97. The Morgan fingerprint density at radius 1 is 1.29 bits per heavy atom. The maximum atomic E-state index is 13.1. The van der Waals surface area contributed by atoms with E-state index >= 15 is 0 Å². The lowest BCUT2D eigenvalue weighted by molar-refractivity contribution is 0.0948. The summed E-state index contributed by atoms with van der Waals surface area (Å²) in [4.78, 5) is 18.1. The number of likely N-dealkylation sites (N-methyl/N-ethyl adjacent to an activating group) is 1. The molecule has 0 aliphatic heterocycles. The van der Waals surface area contributed by atoms with E-state index in [0.717, 1.165) is 36.2 Å². The van der Waals surface area contributed by atoms with Gasteiger partial charge in [0.2, 0.25) is 0 Å². The number of nitrogens with zero attached hydrogens (tertiary/aromatic N) is 1. The minimum absolute atomic E-state index is 0.0968. The van der Waals surface area contributed by atoms with Crippen LogP contribution in [0.1, 0.15) is 69.3 Å². The molecule has 1 aliphatic carbocycles. The van der Waals surface area contributed by atoms with E-state index in [-0.39, 0.29) is 11.9 Å². The lowest BCUT2D eigenvalue weighted by Crippen LogP contribution is -2.41. The van der Waals surface area contributed by atoms with Gasteiger partial charge in [-0.3, -0.25) is 4.79 Å². The summed E-state index contributed by atoms with van der Waals surface area (Å²) in [6.45, 7) is 11.6. The number of nitrogens with one attached hydrogen (secondary N) is 3. The number of aliphatic imine (C=N–C) groups is 1. The Hall–Kier alpha value is -2.71. The van der Waals surface area contributed by atoms with Crippen molar-refractivity contribution in [3.05, 3.63) is 57.7 Å². The van der Waals surface area contributed by atoms with Crippen LogP contribution in [0, 0.1) is 18.8 Å². The van der Waals surface area contributed by atoms with Gasteiger partial charge in [-0.1, -0.05) is 25.8 Å². The Balaban J connectivity index is 2.45. The molecule has 2 atom stereocenters. The van der Waals surface area contributed by atoms with Crippen LogP contribution in [0.15, 0.2) is 51.5 Å². The second-order valence-corrected chi connectivity index (χ2v) is 10.6. The summed E-state index contributed by atoms with van der Waals surface area (Å²) in [7, 11) is 3.45. The Labute approximate surface area is 234 Å². The molecule has 0 saturated heterocycles. The predicted octanol–water partition coefficient (Wildman–Crippen LogP) is 5.41. The minimum Gasteiger partial charge on any atom is -0.496 e. The fourth-order valence-corrected chi connectivity index (χ4v) is 4.22. The van der Waals surface area contributed by atoms with Crippen LogP contribution in [0.5, 0.6) is 5.75 Å². The molecule has 0 bridgehead atoms. The zero-order chi connectivity index (χ0) is 28.2. The molecule has 7 nitrogen and oxygen atoms in total. The van der Waals surface area contributed by atoms with Crippen molar-refractivity contribution in [2.75, 3.05) is 27.2 Å². The highest BCUT2D eigenvalue weighted by Crippen LogP contribution is 2.31. The maximum Gasteiger partial charge on any atom is 0.251 e. The van der Waals surface area contributed by atoms with Gasteiger partial charge in [0.15, 0.2) is 0 Å². The van der Waals surface area contributed by atoms with E-state index in [0.29, 0.717) is 41.2 Å². The maximum absolute atomic E-state index is 13.1. The molecule has 1 aromatic rings. The molecule has 1 amide bonds. The molecule has 0 radical (unpaired) electrons. The van der Waals surface area contributed by atoms with E-state index < -0.39 is 0 Å². The quantitative estimate of drug-likeness (QED) is 0.0939. The predicted molar refractivity (Wildman–Crippen MR) is 164 cm³/mol. The van der Waals surface area contributed by atoms with E-state index in [1.165, 1.54) is 18.4 Å². The third kappa shape index (κ3) is 9.55. The molecule has 1 aromatic carbocycles. The molecule has 0 heterocycles. The molecule has 2 rings (SSSR count). The number of methoxy groups -OCH3 is 1. The molecule has 1 aliphatic rings. The highest BCUT2D eigenvalue weighted by molar-refractivity contribution is 7.83. The second-order valence-electron chi connectivity index (χ2n) is 10.3. The SMILES string of the molecule is CCC[C@@H](C)[C@@H](N)CNC(=O)c1cc(/N=C(NC)/C(=C/C(/C=C\S)=C(C)C)NCC2CC2)c(C)c(OC)c1. The number of ether oxygens (including phenoxy) is 1. The third-order valence-corrected chi connectivity index (χ3v) is 7.07. The van der Waals surface area contributed by atoms with E-state index in [2.05, 4.69) is 62.4 Å². The van der Waals surface area contributed by atoms with Gasteiger partial charge in [0, 0.05) is 37.3 Å². The second kappa shape index (κ2) is 15.6. The zero-order valence-corrected chi connectivity index (χ0v) is 25.0. The van der Waals surface area contributed by atoms with Crippen molar-refractivity contribution in [1.82, 2.24) is 16.0 Å². The smallest absolute Gasteiger partial charge is 0.251 e. The van der Waals surface area contributed by atoms with Crippen LogP contribution < -0.4 is 26.4 Å². The molecule has 0 aromatic heterocycles. The normalized spacial score (nSPS) is 15.7. The standard InChI is InChI=1S/C30H47N5O2S/c1-8-9-20(4)25(31)18-34-30(36)24-15-26(21(5)28(16-24)37-7)35-29(32-6)27(33-17-22-10-11-22)14-23(12-13-38)19(2)3/h12-16,20,22,25,33,38H,8-11,17-18,31H2,1-7H3,(H,32,35)(H,34,36)/b13-12-,27-14-/t20-,25+/m1/s1. The van der Waals surface area contributed by atoms with Gasteiger partial charge in [-0.2, -0.15) is 12.6 Å². The topological polar surface area (TPSA) is 101 Å². The van der Waals surface area contributed by atoms with E-state index in [1.807, 2.05) is 20.0 Å². The number of amidine groups is 1. The number of nitrogens with two attached hydrogens (primary N) is 1. The highest BCUT2D eigenvalue weighted by Gasteiger charge is 2.22. The Bertz CT molecular complexity index is 1070. The van der Waals surface area contributed by atoms with Crippen molar-refractivity contribution in [3.63, 3.8) is 0 Å². The summed E-state index contributed by atoms with van der Waals surface area (Å²) < 4.78 is 5.61. The number of hydrogen-bond donors (Lipinski definition) is 5. The monoisotopic (exact) mass is 541 g/mol. The molecular formula is C30H47N5O2S. The third-order valence-electron chi connectivity index (χ3n) is 6.92. The number of thiol groups is 1. The average Bonchev–Trinajstić information content (AvgIpc) is 3.73. The van der Waals surface area contributed by atoms with Crippen molar-refractivity contribution in [3.8, 4) is 5.75 Å². The van der Waals surface area contributed by atoms with Gasteiger partial charge in [0.05, 0.1) is 18.5 Å².